The summed E-state index contributed by atoms with van der Waals surface area (Å²) in [5, 5.41) is 13.7. The topological polar surface area (TPSA) is 41.5 Å². The first-order valence-corrected chi connectivity index (χ1v) is 6.34. The Morgan fingerprint density at radius 3 is 2.79 bits per heavy atom. The monoisotopic (exact) mass is 277 g/mol. The number of phenols is 1. The van der Waals surface area contributed by atoms with Crippen molar-refractivity contribution in [1.82, 2.24) is 0 Å². The minimum Gasteiger partial charge on any atom is -0.507 e. The van der Waals surface area contributed by atoms with Crippen molar-refractivity contribution in [2.45, 2.75) is 13.5 Å². The Labute approximate surface area is 117 Å². The molecule has 0 amide bonds. The number of methoxy groups -OCH3 is 1. The van der Waals surface area contributed by atoms with Gasteiger partial charge in [-0.25, -0.2) is 0 Å². The summed E-state index contributed by atoms with van der Waals surface area (Å²) in [5.74, 6) is 0.955. The van der Waals surface area contributed by atoms with Gasteiger partial charge in [0.05, 0.1) is 12.1 Å². The number of benzene rings is 2. The molecule has 0 aromatic heterocycles. The third-order valence-electron chi connectivity index (χ3n) is 2.96. The van der Waals surface area contributed by atoms with E-state index in [2.05, 4.69) is 5.32 Å². The SMILES string of the molecule is COc1cc(NCc2cccc(C)c2O)ccc1Cl. The largest absolute Gasteiger partial charge is 0.507 e. The third kappa shape index (κ3) is 3.12. The van der Waals surface area contributed by atoms with Crippen LogP contribution in [0.2, 0.25) is 5.02 Å². The summed E-state index contributed by atoms with van der Waals surface area (Å²) in [4.78, 5) is 0. The van der Waals surface area contributed by atoms with Crippen LogP contribution in [0.15, 0.2) is 36.4 Å². The Morgan fingerprint density at radius 1 is 1.26 bits per heavy atom. The van der Waals surface area contributed by atoms with E-state index in [9.17, 15) is 5.11 Å². The third-order valence-corrected chi connectivity index (χ3v) is 3.27. The summed E-state index contributed by atoms with van der Waals surface area (Å²) in [6.45, 7) is 2.42. The average molecular weight is 278 g/mol. The van der Waals surface area contributed by atoms with Gasteiger partial charge in [0.25, 0.3) is 0 Å². The average Bonchev–Trinajstić information content (AvgIpc) is 2.42. The molecule has 100 valence electrons. The van der Waals surface area contributed by atoms with Crippen LogP contribution in [0.25, 0.3) is 0 Å². The zero-order valence-electron chi connectivity index (χ0n) is 10.9. The lowest BCUT2D eigenvalue weighted by Gasteiger charge is -2.11. The van der Waals surface area contributed by atoms with E-state index >= 15 is 0 Å². The van der Waals surface area contributed by atoms with Crippen LogP contribution < -0.4 is 10.1 Å². The number of anilines is 1. The molecule has 19 heavy (non-hydrogen) atoms. The van der Waals surface area contributed by atoms with Crippen molar-refractivity contribution in [3.8, 4) is 11.5 Å². The number of phenolic OH excluding ortho intramolecular Hbond substituents is 1. The van der Waals surface area contributed by atoms with Gasteiger partial charge >= 0.3 is 0 Å². The van der Waals surface area contributed by atoms with Gasteiger partial charge in [-0.15, -0.1) is 0 Å². The molecule has 0 radical (unpaired) electrons. The summed E-state index contributed by atoms with van der Waals surface area (Å²) in [7, 11) is 1.58. The Hall–Kier alpha value is -1.87. The second-order valence-corrected chi connectivity index (χ2v) is 4.69. The van der Waals surface area contributed by atoms with E-state index in [1.54, 1.807) is 13.2 Å². The normalized spacial score (nSPS) is 10.3. The fourth-order valence-corrected chi connectivity index (χ4v) is 2.02. The molecule has 2 N–H and O–H groups in total. The van der Waals surface area contributed by atoms with Crippen molar-refractivity contribution in [2.24, 2.45) is 0 Å². The predicted octanol–water partition coefficient (Wildman–Crippen LogP) is 3.97. The van der Waals surface area contributed by atoms with E-state index < -0.39 is 0 Å². The van der Waals surface area contributed by atoms with Crippen LogP contribution >= 0.6 is 11.6 Å². The molecule has 4 heteroatoms. The van der Waals surface area contributed by atoms with Crippen molar-refractivity contribution in [3.63, 3.8) is 0 Å². The van der Waals surface area contributed by atoms with Gasteiger partial charge in [0.1, 0.15) is 11.5 Å². The molecule has 0 aliphatic carbocycles. The van der Waals surface area contributed by atoms with E-state index in [1.165, 1.54) is 0 Å². The van der Waals surface area contributed by atoms with E-state index in [0.717, 1.165) is 16.8 Å². The number of para-hydroxylation sites is 1. The lowest BCUT2D eigenvalue weighted by atomic mass is 10.1. The highest BCUT2D eigenvalue weighted by atomic mass is 35.5. The van der Waals surface area contributed by atoms with Crippen molar-refractivity contribution in [1.29, 1.82) is 0 Å². The Bertz CT molecular complexity index is 584. The lowest BCUT2D eigenvalue weighted by molar-refractivity contribution is 0.415. The standard InChI is InChI=1S/C15H16ClNO2/c1-10-4-3-5-11(15(10)18)9-17-12-6-7-13(16)14(8-12)19-2/h3-8,17-18H,9H2,1-2H3. The predicted molar refractivity (Wildman–Crippen MR) is 78.2 cm³/mol. The van der Waals surface area contributed by atoms with Crippen molar-refractivity contribution in [3.05, 3.63) is 52.5 Å². The molecule has 0 aliphatic heterocycles. The number of aryl methyl sites for hydroxylation is 1. The maximum absolute atomic E-state index is 9.93. The Balaban J connectivity index is 2.12. The number of hydrogen-bond donors (Lipinski definition) is 2. The first kappa shape index (κ1) is 13.6. The summed E-state index contributed by atoms with van der Waals surface area (Å²) < 4.78 is 5.16. The molecule has 0 aliphatic rings. The van der Waals surface area contributed by atoms with Crippen molar-refractivity contribution < 1.29 is 9.84 Å². The van der Waals surface area contributed by atoms with Gasteiger partial charge in [0.2, 0.25) is 0 Å². The summed E-state index contributed by atoms with van der Waals surface area (Å²) in [6.07, 6.45) is 0. The smallest absolute Gasteiger partial charge is 0.139 e. The van der Waals surface area contributed by atoms with Crippen LogP contribution in [0.5, 0.6) is 11.5 Å². The molecule has 0 spiro atoms. The van der Waals surface area contributed by atoms with Gasteiger partial charge in [0, 0.05) is 23.9 Å². The molecule has 0 unspecified atom stereocenters. The van der Waals surface area contributed by atoms with Crippen LogP contribution in [-0.2, 0) is 6.54 Å². The number of hydrogen-bond acceptors (Lipinski definition) is 3. The first-order chi connectivity index (χ1) is 9.11. The fourth-order valence-electron chi connectivity index (χ4n) is 1.83. The second-order valence-electron chi connectivity index (χ2n) is 4.29. The van der Waals surface area contributed by atoms with Gasteiger partial charge in [-0.3, -0.25) is 0 Å². The number of halogens is 1. The Kier molecular flexibility index (Phi) is 4.17. The Morgan fingerprint density at radius 2 is 2.05 bits per heavy atom. The minimum atomic E-state index is 0.330. The maximum atomic E-state index is 9.93. The molecule has 2 aromatic rings. The number of nitrogens with one attached hydrogen (secondary N) is 1. The van der Waals surface area contributed by atoms with Crippen LogP contribution in [0.1, 0.15) is 11.1 Å². The van der Waals surface area contributed by atoms with Gasteiger partial charge in [-0.1, -0.05) is 29.8 Å². The molecule has 2 aromatic carbocycles. The van der Waals surface area contributed by atoms with E-state index in [-0.39, 0.29) is 0 Å². The highest BCUT2D eigenvalue weighted by molar-refractivity contribution is 6.32. The summed E-state index contributed by atoms with van der Waals surface area (Å²) in [6, 6.07) is 11.2. The van der Waals surface area contributed by atoms with E-state index in [1.807, 2.05) is 37.3 Å². The van der Waals surface area contributed by atoms with Crippen LogP contribution in [0.3, 0.4) is 0 Å². The van der Waals surface area contributed by atoms with Gasteiger partial charge in [-0.05, 0) is 24.6 Å². The fraction of sp³-hybridized carbons (Fsp3) is 0.200. The van der Waals surface area contributed by atoms with Crippen LogP contribution in [-0.4, -0.2) is 12.2 Å². The number of ether oxygens (including phenoxy) is 1. The molecule has 3 nitrogen and oxygen atoms in total. The minimum absolute atomic E-state index is 0.330. The first-order valence-electron chi connectivity index (χ1n) is 5.96. The highest BCUT2D eigenvalue weighted by Gasteiger charge is 2.05. The maximum Gasteiger partial charge on any atom is 0.139 e. The van der Waals surface area contributed by atoms with Crippen LogP contribution in [0, 0.1) is 6.92 Å². The molecule has 0 atom stereocenters. The van der Waals surface area contributed by atoms with Crippen molar-refractivity contribution >= 4 is 17.3 Å². The number of rotatable bonds is 4. The molecular formula is C15H16ClNO2. The summed E-state index contributed by atoms with van der Waals surface area (Å²) in [5.41, 5.74) is 2.61. The quantitative estimate of drug-likeness (QED) is 0.888. The van der Waals surface area contributed by atoms with Gasteiger partial charge < -0.3 is 15.2 Å². The zero-order valence-corrected chi connectivity index (χ0v) is 11.7. The van der Waals surface area contributed by atoms with Gasteiger partial charge in [0.15, 0.2) is 0 Å². The van der Waals surface area contributed by atoms with E-state index in [4.69, 9.17) is 16.3 Å². The molecular weight excluding hydrogens is 262 g/mol. The number of aromatic hydroxyl groups is 1. The zero-order chi connectivity index (χ0) is 13.8. The highest BCUT2D eigenvalue weighted by Crippen LogP contribution is 2.28. The molecule has 0 heterocycles. The van der Waals surface area contributed by atoms with Crippen molar-refractivity contribution in [2.75, 3.05) is 12.4 Å². The van der Waals surface area contributed by atoms with Gasteiger partial charge in [-0.2, -0.15) is 0 Å². The second kappa shape index (κ2) is 5.85. The molecule has 0 bridgehead atoms. The molecule has 2 rings (SSSR count). The molecule has 0 saturated heterocycles. The molecule has 0 saturated carbocycles. The lowest BCUT2D eigenvalue weighted by Crippen LogP contribution is -2.00. The van der Waals surface area contributed by atoms with E-state index in [0.29, 0.717) is 23.1 Å². The van der Waals surface area contributed by atoms with Crippen LogP contribution in [0.4, 0.5) is 5.69 Å². The summed E-state index contributed by atoms with van der Waals surface area (Å²) >= 11 is 5.97. The molecule has 0 fully saturated rings.